The van der Waals surface area contributed by atoms with Gasteiger partial charge in [0.2, 0.25) is 5.95 Å². The number of anilines is 1. The van der Waals surface area contributed by atoms with Crippen LogP contribution in [0.25, 0.3) is 11.0 Å². The monoisotopic (exact) mass is 280 g/mol. The van der Waals surface area contributed by atoms with Crippen LogP contribution in [-0.4, -0.2) is 14.7 Å². The van der Waals surface area contributed by atoms with E-state index in [1.54, 1.807) is 10.6 Å². The maximum atomic E-state index is 13.5. The quantitative estimate of drug-likeness (QED) is 0.783. The molecule has 0 saturated heterocycles. The Morgan fingerprint density at radius 2 is 2.21 bits per heavy atom. The summed E-state index contributed by atoms with van der Waals surface area (Å²) in [6, 6.07) is 4.55. The van der Waals surface area contributed by atoms with Gasteiger partial charge in [-0.3, -0.25) is 0 Å². The topological polar surface area (TPSA) is 69.9 Å². The van der Waals surface area contributed by atoms with Gasteiger partial charge in [0.1, 0.15) is 5.82 Å². The van der Waals surface area contributed by atoms with E-state index in [9.17, 15) is 4.39 Å². The van der Waals surface area contributed by atoms with Crippen LogP contribution in [0.3, 0.4) is 0 Å². The number of halogens is 2. The number of aryl methyl sites for hydroxylation is 1. The van der Waals surface area contributed by atoms with Gasteiger partial charge in [0, 0.05) is 12.1 Å². The van der Waals surface area contributed by atoms with E-state index >= 15 is 0 Å². The molecule has 2 aromatic heterocycles. The normalized spacial score (nSPS) is 11.3. The molecule has 2 heterocycles. The third-order valence-electron chi connectivity index (χ3n) is 2.81. The van der Waals surface area contributed by atoms with Crippen LogP contribution < -0.4 is 5.73 Å². The van der Waals surface area contributed by atoms with Crippen LogP contribution in [0.4, 0.5) is 10.3 Å². The van der Waals surface area contributed by atoms with Crippen LogP contribution in [0.5, 0.6) is 0 Å². The average molecular weight is 281 g/mol. The smallest absolute Gasteiger partial charge is 0.201 e. The van der Waals surface area contributed by atoms with E-state index in [-0.39, 0.29) is 11.0 Å². The van der Waals surface area contributed by atoms with Crippen LogP contribution >= 0.6 is 11.6 Å². The molecule has 0 aliphatic carbocycles. The minimum absolute atomic E-state index is 0.0210. The lowest BCUT2D eigenvalue weighted by Crippen LogP contribution is -2.04. The largest absolute Gasteiger partial charge is 0.369 e. The van der Waals surface area contributed by atoms with Crippen molar-refractivity contribution in [2.24, 2.45) is 0 Å². The molecule has 0 aliphatic heterocycles. The van der Waals surface area contributed by atoms with Crippen LogP contribution in [0.15, 0.2) is 22.7 Å². The number of imidazole rings is 1. The predicted octanol–water partition coefficient (Wildman–Crippen LogP) is 2.76. The number of nitrogens with zero attached hydrogens (tertiary/aromatic N) is 3. The number of aromatic nitrogens is 3. The maximum absolute atomic E-state index is 13.5. The fourth-order valence-corrected chi connectivity index (χ4v) is 2.11. The lowest BCUT2D eigenvalue weighted by atomic mass is 10.3. The predicted molar refractivity (Wildman–Crippen MR) is 69.5 cm³/mol. The highest BCUT2D eigenvalue weighted by atomic mass is 35.5. The Balaban J connectivity index is 2.12. The zero-order valence-electron chi connectivity index (χ0n) is 10.0. The number of fused-ring (bicyclic) bond motifs is 1. The second kappa shape index (κ2) is 4.24. The number of hydrogen-bond donors (Lipinski definition) is 1. The number of benzene rings is 1. The Labute approximate surface area is 112 Å². The number of rotatable bonds is 2. The highest BCUT2D eigenvalue weighted by molar-refractivity contribution is 6.31. The summed E-state index contributed by atoms with van der Waals surface area (Å²) in [5.74, 6) is 0.383. The van der Waals surface area contributed by atoms with Gasteiger partial charge in [-0.15, -0.1) is 0 Å². The van der Waals surface area contributed by atoms with Gasteiger partial charge in [-0.2, -0.15) is 0 Å². The molecule has 3 rings (SSSR count). The molecule has 3 aromatic rings. The zero-order valence-corrected chi connectivity index (χ0v) is 10.8. The van der Waals surface area contributed by atoms with E-state index in [1.165, 1.54) is 12.1 Å². The van der Waals surface area contributed by atoms with Crippen molar-refractivity contribution in [1.29, 1.82) is 0 Å². The zero-order chi connectivity index (χ0) is 13.6. The Morgan fingerprint density at radius 3 is 2.89 bits per heavy atom. The second-order valence-corrected chi connectivity index (χ2v) is 4.65. The number of nitrogen functional groups attached to an aromatic ring is 1. The van der Waals surface area contributed by atoms with Crippen LogP contribution in [0, 0.1) is 12.7 Å². The lowest BCUT2D eigenvalue weighted by molar-refractivity contribution is 0.374. The Hall–Kier alpha value is -2.08. The summed E-state index contributed by atoms with van der Waals surface area (Å²) in [4.78, 5) is 4.15. The van der Waals surface area contributed by atoms with Gasteiger partial charge in [-0.1, -0.05) is 16.8 Å². The summed E-state index contributed by atoms with van der Waals surface area (Å²) >= 11 is 5.72. The summed E-state index contributed by atoms with van der Waals surface area (Å²) in [5.41, 5.74) is 7.71. The van der Waals surface area contributed by atoms with Gasteiger partial charge < -0.3 is 14.8 Å². The molecular formula is C12H10ClFN4O. The van der Waals surface area contributed by atoms with Crippen molar-refractivity contribution in [3.63, 3.8) is 0 Å². The van der Waals surface area contributed by atoms with Crippen LogP contribution in [-0.2, 0) is 6.54 Å². The lowest BCUT2D eigenvalue weighted by Gasteiger charge is -2.03. The molecule has 0 spiro atoms. The van der Waals surface area contributed by atoms with Crippen LogP contribution in [0.1, 0.15) is 11.5 Å². The average Bonchev–Trinajstić information content (AvgIpc) is 2.87. The molecule has 0 fully saturated rings. The molecule has 2 N–H and O–H groups in total. The van der Waals surface area contributed by atoms with Gasteiger partial charge in [0.25, 0.3) is 0 Å². The fraction of sp³-hybridized carbons (Fsp3) is 0.167. The van der Waals surface area contributed by atoms with Gasteiger partial charge in [0.05, 0.1) is 28.3 Å². The SMILES string of the molecule is Cc1cc(Cn2c(N)nc3cc(Cl)c(F)cc32)on1. The molecule has 19 heavy (non-hydrogen) atoms. The first-order chi connectivity index (χ1) is 9.04. The molecule has 0 saturated carbocycles. The van der Waals surface area contributed by atoms with Gasteiger partial charge >= 0.3 is 0 Å². The highest BCUT2D eigenvalue weighted by Crippen LogP contribution is 2.25. The van der Waals surface area contributed by atoms with E-state index in [2.05, 4.69) is 10.1 Å². The summed E-state index contributed by atoms with van der Waals surface area (Å²) in [5, 5.41) is 3.81. The first-order valence-electron chi connectivity index (χ1n) is 5.57. The van der Waals surface area contributed by atoms with Gasteiger partial charge in [-0.05, 0) is 13.0 Å². The first kappa shape index (κ1) is 12.0. The Bertz CT molecular complexity index is 765. The first-order valence-corrected chi connectivity index (χ1v) is 5.95. The van der Waals surface area contributed by atoms with Crippen molar-refractivity contribution in [3.8, 4) is 0 Å². The van der Waals surface area contributed by atoms with E-state index in [0.29, 0.717) is 23.3 Å². The molecule has 0 amide bonds. The van der Waals surface area contributed by atoms with Crippen molar-refractivity contribution < 1.29 is 8.91 Å². The third-order valence-corrected chi connectivity index (χ3v) is 3.10. The molecule has 0 bridgehead atoms. The second-order valence-electron chi connectivity index (χ2n) is 4.25. The van der Waals surface area contributed by atoms with Crippen molar-refractivity contribution >= 4 is 28.6 Å². The van der Waals surface area contributed by atoms with Crippen molar-refractivity contribution in [1.82, 2.24) is 14.7 Å². The summed E-state index contributed by atoms with van der Waals surface area (Å²) in [7, 11) is 0. The Kier molecular flexibility index (Phi) is 2.67. The molecule has 7 heteroatoms. The summed E-state index contributed by atoms with van der Waals surface area (Å²) in [6.45, 7) is 2.16. The van der Waals surface area contributed by atoms with Gasteiger partial charge in [-0.25, -0.2) is 9.37 Å². The molecular weight excluding hydrogens is 271 g/mol. The van der Waals surface area contributed by atoms with Crippen molar-refractivity contribution in [3.05, 3.63) is 40.5 Å². The van der Waals surface area contributed by atoms with E-state index in [4.69, 9.17) is 21.9 Å². The van der Waals surface area contributed by atoms with Gasteiger partial charge in [0.15, 0.2) is 5.76 Å². The molecule has 0 aliphatic rings. The number of hydrogen-bond acceptors (Lipinski definition) is 4. The molecule has 0 unspecified atom stereocenters. The summed E-state index contributed by atoms with van der Waals surface area (Å²) < 4.78 is 20.3. The minimum Gasteiger partial charge on any atom is -0.369 e. The molecule has 98 valence electrons. The van der Waals surface area contributed by atoms with Crippen molar-refractivity contribution in [2.75, 3.05) is 5.73 Å². The fourth-order valence-electron chi connectivity index (χ4n) is 1.95. The maximum Gasteiger partial charge on any atom is 0.201 e. The molecule has 1 aromatic carbocycles. The van der Waals surface area contributed by atoms with Crippen molar-refractivity contribution in [2.45, 2.75) is 13.5 Å². The molecule has 0 radical (unpaired) electrons. The standard InChI is InChI=1S/C12H10ClFN4O/c1-6-2-7(19-17-6)5-18-11-4-9(14)8(13)3-10(11)16-12(18)15/h2-4H,5H2,1H3,(H2,15,16). The molecule has 0 atom stereocenters. The third kappa shape index (κ3) is 2.04. The van der Waals surface area contributed by atoms with Crippen LogP contribution in [0.2, 0.25) is 5.02 Å². The Morgan fingerprint density at radius 1 is 1.42 bits per heavy atom. The highest BCUT2D eigenvalue weighted by Gasteiger charge is 2.13. The van der Waals surface area contributed by atoms with E-state index in [0.717, 1.165) is 5.69 Å². The summed E-state index contributed by atoms with van der Waals surface area (Å²) in [6.07, 6.45) is 0. The number of nitrogens with two attached hydrogens (primary N) is 1. The molecule has 5 nitrogen and oxygen atoms in total. The minimum atomic E-state index is -0.510. The van der Waals surface area contributed by atoms with E-state index in [1.807, 2.05) is 6.92 Å². The van der Waals surface area contributed by atoms with E-state index < -0.39 is 5.82 Å².